The van der Waals surface area contributed by atoms with Crippen LogP contribution in [0.25, 0.3) is 17.0 Å². The van der Waals surface area contributed by atoms with E-state index in [1.54, 1.807) is 19.4 Å². The van der Waals surface area contributed by atoms with E-state index in [0.29, 0.717) is 18.1 Å². The molecule has 35 heavy (non-hydrogen) atoms. The lowest BCUT2D eigenvalue weighted by atomic mass is 10.1. The van der Waals surface area contributed by atoms with E-state index in [1.807, 2.05) is 74.5 Å². The number of hydrogen-bond acceptors (Lipinski definition) is 7. The summed E-state index contributed by atoms with van der Waals surface area (Å²) in [7, 11) is 0. The molecule has 0 aliphatic rings. The fourth-order valence-electron chi connectivity index (χ4n) is 3.41. The van der Waals surface area contributed by atoms with Crippen molar-refractivity contribution in [2.45, 2.75) is 26.8 Å². The maximum atomic E-state index is 11.6. The van der Waals surface area contributed by atoms with Gasteiger partial charge in [0.25, 0.3) is 0 Å². The van der Waals surface area contributed by atoms with E-state index in [4.69, 9.17) is 10.5 Å². The van der Waals surface area contributed by atoms with Crippen LogP contribution < -0.4 is 21.1 Å². The third kappa shape index (κ3) is 6.18. The molecule has 2 aromatic carbocycles. The number of carbonyl (C=O) groups excluding carboxylic acids is 1. The average molecular weight is 469 g/mol. The van der Waals surface area contributed by atoms with Crippen molar-refractivity contribution < 1.29 is 9.53 Å². The molecule has 0 aliphatic carbocycles. The lowest BCUT2D eigenvalue weighted by molar-refractivity contribution is -0.121. The van der Waals surface area contributed by atoms with Crippen LogP contribution in [0.1, 0.15) is 23.7 Å². The molecule has 8 nitrogen and oxygen atoms in total. The Morgan fingerprint density at radius 3 is 2.69 bits per heavy atom. The van der Waals surface area contributed by atoms with Crippen molar-refractivity contribution in [2.75, 3.05) is 11.9 Å². The highest BCUT2D eigenvalue weighted by atomic mass is 16.5. The molecule has 0 saturated heterocycles. The number of carbonyl (C=O) groups is 1. The van der Waals surface area contributed by atoms with Gasteiger partial charge in [0.2, 0.25) is 5.91 Å². The highest BCUT2D eigenvalue weighted by Gasteiger charge is 2.08. The average Bonchev–Trinajstić information content (AvgIpc) is 2.85. The van der Waals surface area contributed by atoms with E-state index in [-0.39, 0.29) is 5.91 Å². The SMILES string of the molecule is Cc1ccc(Oc2ccc(Nc3ncnc4ccc(/C=C/CNC(=O)[C@@H](C)N)cc34)cc2C)cn1. The standard InChI is InChI=1S/C27H28N6O2/c1-17-13-21(8-11-25(17)35-22-9-6-18(2)30-15-22)33-26-23-14-20(7-10-24(23)31-16-32-26)5-4-12-29-27(34)19(3)28/h4-11,13-16,19H,12,28H2,1-3H3,(H,29,34)(H,31,32,33)/b5-4+/t19-/m1/s1. The van der Waals surface area contributed by atoms with Gasteiger partial charge in [-0.25, -0.2) is 9.97 Å². The van der Waals surface area contributed by atoms with Crippen molar-refractivity contribution >= 4 is 34.4 Å². The maximum absolute atomic E-state index is 11.6. The maximum Gasteiger partial charge on any atom is 0.236 e. The summed E-state index contributed by atoms with van der Waals surface area (Å²) in [5, 5.41) is 7.04. The molecule has 2 aromatic heterocycles. The highest BCUT2D eigenvalue weighted by molar-refractivity contribution is 5.92. The highest BCUT2D eigenvalue weighted by Crippen LogP contribution is 2.30. The normalized spacial score (nSPS) is 12.0. The Morgan fingerprint density at radius 1 is 1.09 bits per heavy atom. The molecule has 1 atom stereocenters. The number of anilines is 2. The van der Waals surface area contributed by atoms with Gasteiger partial charge in [-0.1, -0.05) is 18.2 Å². The molecule has 0 unspecified atom stereocenters. The first-order chi connectivity index (χ1) is 16.9. The lowest BCUT2D eigenvalue weighted by Crippen LogP contribution is -2.38. The van der Waals surface area contributed by atoms with Gasteiger partial charge in [0, 0.05) is 23.3 Å². The fraction of sp³-hybridized carbons (Fsp3) is 0.185. The molecule has 4 N–H and O–H groups in total. The Kier molecular flexibility index (Phi) is 7.32. The molecule has 8 heteroatoms. The van der Waals surface area contributed by atoms with Gasteiger partial charge < -0.3 is 21.1 Å². The second-order valence-electron chi connectivity index (χ2n) is 8.28. The molecule has 2 heterocycles. The molecular formula is C27H28N6O2. The zero-order chi connectivity index (χ0) is 24.8. The zero-order valence-corrected chi connectivity index (χ0v) is 19.9. The molecule has 178 valence electrons. The first kappa shape index (κ1) is 23.8. The largest absolute Gasteiger partial charge is 0.455 e. The van der Waals surface area contributed by atoms with Crippen LogP contribution in [0.3, 0.4) is 0 Å². The first-order valence-corrected chi connectivity index (χ1v) is 11.3. The third-order valence-electron chi connectivity index (χ3n) is 5.33. The van der Waals surface area contributed by atoms with Crippen molar-refractivity contribution in [1.82, 2.24) is 20.3 Å². The molecule has 4 rings (SSSR count). The quantitative estimate of drug-likeness (QED) is 0.345. The summed E-state index contributed by atoms with van der Waals surface area (Å²) in [6, 6.07) is 15.1. The lowest BCUT2D eigenvalue weighted by Gasteiger charge is -2.12. The minimum atomic E-state index is -0.529. The van der Waals surface area contributed by atoms with Crippen molar-refractivity contribution in [1.29, 1.82) is 0 Å². The van der Waals surface area contributed by atoms with Crippen LogP contribution in [0, 0.1) is 13.8 Å². The Balaban J connectivity index is 1.50. The van der Waals surface area contributed by atoms with Crippen LogP contribution in [0.15, 0.2) is 67.1 Å². The van der Waals surface area contributed by atoms with Gasteiger partial charge in [0.15, 0.2) is 0 Å². The van der Waals surface area contributed by atoms with Crippen LogP contribution in [0.5, 0.6) is 11.5 Å². The number of nitrogens with two attached hydrogens (primary N) is 1. The Morgan fingerprint density at radius 2 is 1.94 bits per heavy atom. The van der Waals surface area contributed by atoms with E-state index in [0.717, 1.165) is 39.2 Å². The second-order valence-corrected chi connectivity index (χ2v) is 8.28. The molecule has 0 aliphatic heterocycles. The fourth-order valence-corrected chi connectivity index (χ4v) is 3.41. The van der Waals surface area contributed by atoms with Gasteiger partial charge in [-0.3, -0.25) is 9.78 Å². The topological polar surface area (TPSA) is 115 Å². The van der Waals surface area contributed by atoms with Gasteiger partial charge in [0.1, 0.15) is 23.6 Å². The number of benzene rings is 2. The molecule has 4 aromatic rings. The van der Waals surface area contributed by atoms with Crippen molar-refractivity contribution in [3.05, 3.63) is 84.0 Å². The Labute approximate surface area is 204 Å². The number of hydrogen-bond donors (Lipinski definition) is 3. The molecule has 0 bridgehead atoms. The monoisotopic (exact) mass is 468 g/mol. The van der Waals surface area contributed by atoms with Gasteiger partial charge >= 0.3 is 0 Å². The van der Waals surface area contributed by atoms with E-state index in [2.05, 4.69) is 25.6 Å². The van der Waals surface area contributed by atoms with E-state index in [1.165, 1.54) is 0 Å². The number of fused-ring (bicyclic) bond motifs is 1. The second kappa shape index (κ2) is 10.8. The van der Waals surface area contributed by atoms with Gasteiger partial charge in [-0.15, -0.1) is 0 Å². The number of nitrogens with zero attached hydrogens (tertiary/aromatic N) is 3. The predicted octanol–water partition coefficient (Wildman–Crippen LogP) is 4.65. The van der Waals surface area contributed by atoms with Crippen LogP contribution in [-0.2, 0) is 4.79 Å². The molecule has 0 radical (unpaired) electrons. The van der Waals surface area contributed by atoms with Crippen molar-refractivity contribution in [3.63, 3.8) is 0 Å². The van der Waals surface area contributed by atoms with Gasteiger partial charge in [0.05, 0.1) is 17.8 Å². The summed E-state index contributed by atoms with van der Waals surface area (Å²) >= 11 is 0. The summed E-state index contributed by atoms with van der Waals surface area (Å²) in [6.45, 7) is 5.99. The zero-order valence-electron chi connectivity index (χ0n) is 19.9. The predicted molar refractivity (Wildman–Crippen MR) is 139 cm³/mol. The summed E-state index contributed by atoms with van der Waals surface area (Å²) in [4.78, 5) is 24.7. The van der Waals surface area contributed by atoms with Gasteiger partial charge in [-0.05, 0) is 74.4 Å². The molecule has 0 spiro atoms. The van der Waals surface area contributed by atoms with Crippen LogP contribution in [-0.4, -0.2) is 33.4 Å². The third-order valence-corrected chi connectivity index (χ3v) is 5.33. The summed E-state index contributed by atoms with van der Waals surface area (Å²) < 4.78 is 5.97. The number of nitrogens with one attached hydrogen (secondary N) is 2. The molecule has 1 amide bonds. The van der Waals surface area contributed by atoms with E-state index in [9.17, 15) is 4.79 Å². The van der Waals surface area contributed by atoms with Crippen LogP contribution >= 0.6 is 0 Å². The Bertz CT molecular complexity index is 1370. The number of amides is 1. The van der Waals surface area contributed by atoms with E-state index < -0.39 is 6.04 Å². The Hall–Kier alpha value is -4.30. The number of aryl methyl sites for hydroxylation is 2. The van der Waals surface area contributed by atoms with Crippen molar-refractivity contribution in [3.8, 4) is 11.5 Å². The minimum Gasteiger partial charge on any atom is -0.455 e. The van der Waals surface area contributed by atoms with Crippen LogP contribution in [0.4, 0.5) is 11.5 Å². The summed E-state index contributed by atoms with van der Waals surface area (Å²) in [5.41, 5.74) is 10.2. The van der Waals surface area contributed by atoms with Gasteiger partial charge in [-0.2, -0.15) is 0 Å². The summed E-state index contributed by atoms with van der Waals surface area (Å²) in [6.07, 6.45) is 7.07. The summed E-state index contributed by atoms with van der Waals surface area (Å²) in [5.74, 6) is 1.97. The smallest absolute Gasteiger partial charge is 0.236 e. The van der Waals surface area contributed by atoms with Crippen molar-refractivity contribution in [2.24, 2.45) is 5.73 Å². The molecule has 0 fully saturated rings. The minimum absolute atomic E-state index is 0.185. The number of aromatic nitrogens is 3. The first-order valence-electron chi connectivity index (χ1n) is 11.3. The van der Waals surface area contributed by atoms with Crippen LogP contribution in [0.2, 0.25) is 0 Å². The number of pyridine rings is 1. The number of ether oxygens (including phenoxy) is 1. The van der Waals surface area contributed by atoms with E-state index >= 15 is 0 Å². The number of rotatable bonds is 8. The molecular weight excluding hydrogens is 440 g/mol. The molecule has 0 saturated carbocycles.